The Kier molecular flexibility index (Phi) is 5.59. The highest BCUT2D eigenvalue weighted by Crippen LogP contribution is 2.32. The van der Waals surface area contributed by atoms with E-state index in [1.54, 1.807) is 18.2 Å². The van der Waals surface area contributed by atoms with Gasteiger partial charge in [-0.05, 0) is 36.8 Å². The lowest BCUT2D eigenvalue weighted by molar-refractivity contribution is -0.118. The number of amides is 1. The van der Waals surface area contributed by atoms with Crippen LogP contribution in [-0.2, 0) is 4.79 Å². The second-order valence-corrected chi connectivity index (χ2v) is 5.98. The second kappa shape index (κ2) is 8.26. The van der Waals surface area contributed by atoms with Crippen LogP contribution in [-0.4, -0.2) is 25.7 Å². The molecular weight excluding hydrogens is 332 g/mol. The number of aryl methyl sites for hydroxylation is 1. The number of carbonyl (C=O) groups is 1. The highest BCUT2D eigenvalue weighted by atomic mass is 16.6. The molecule has 1 atom stereocenters. The predicted octanol–water partition coefficient (Wildman–Crippen LogP) is 3.31. The van der Waals surface area contributed by atoms with Crippen molar-refractivity contribution in [3.05, 3.63) is 48.0 Å². The maximum absolute atomic E-state index is 12.3. The number of fused-ring (bicyclic) bond motifs is 1. The van der Waals surface area contributed by atoms with Crippen LogP contribution >= 0.6 is 0 Å². The molecule has 2 aromatic carbocycles. The number of rotatable bonds is 6. The van der Waals surface area contributed by atoms with E-state index in [2.05, 4.69) is 5.32 Å². The van der Waals surface area contributed by atoms with Gasteiger partial charge in [0.1, 0.15) is 24.9 Å². The first-order valence-corrected chi connectivity index (χ1v) is 8.45. The van der Waals surface area contributed by atoms with E-state index < -0.39 is 5.92 Å². The van der Waals surface area contributed by atoms with E-state index >= 15 is 0 Å². The first-order valence-electron chi connectivity index (χ1n) is 8.45. The van der Waals surface area contributed by atoms with E-state index in [0.29, 0.717) is 36.8 Å². The number of nitrogens with zero attached hydrogens (tertiary/aromatic N) is 1. The molecule has 1 aliphatic rings. The van der Waals surface area contributed by atoms with Gasteiger partial charge in [0, 0.05) is 18.2 Å². The van der Waals surface area contributed by atoms with Gasteiger partial charge in [0.05, 0.1) is 12.7 Å². The van der Waals surface area contributed by atoms with Crippen molar-refractivity contribution in [3.8, 4) is 23.3 Å². The van der Waals surface area contributed by atoms with E-state index in [1.807, 2.05) is 37.3 Å². The second-order valence-electron chi connectivity index (χ2n) is 5.98. The van der Waals surface area contributed by atoms with E-state index in [9.17, 15) is 10.1 Å². The minimum atomic E-state index is -0.798. The predicted molar refractivity (Wildman–Crippen MR) is 96.5 cm³/mol. The molecule has 6 heteroatoms. The van der Waals surface area contributed by atoms with Crippen molar-refractivity contribution in [2.24, 2.45) is 5.92 Å². The number of ether oxygens (including phenoxy) is 3. The maximum Gasteiger partial charge on any atom is 0.241 e. The Bertz CT molecular complexity index is 829. The summed E-state index contributed by atoms with van der Waals surface area (Å²) in [6.07, 6.45) is 0.306. The van der Waals surface area contributed by atoms with Crippen molar-refractivity contribution in [3.63, 3.8) is 0 Å². The molecule has 134 valence electrons. The van der Waals surface area contributed by atoms with Crippen molar-refractivity contribution >= 4 is 11.6 Å². The smallest absolute Gasteiger partial charge is 0.241 e. The third-order valence-corrected chi connectivity index (χ3v) is 3.95. The van der Waals surface area contributed by atoms with E-state index in [-0.39, 0.29) is 12.5 Å². The van der Waals surface area contributed by atoms with Crippen LogP contribution in [0.3, 0.4) is 0 Å². The Morgan fingerprint density at radius 1 is 1.23 bits per heavy atom. The summed E-state index contributed by atoms with van der Waals surface area (Å²) in [5, 5.41) is 12.0. The SMILES string of the molecule is Cc1cccc(OCC[C@@H](C#N)C(=O)Nc2ccc3c(c2)OCCO3)c1. The van der Waals surface area contributed by atoms with Crippen molar-refractivity contribution in [2.45, 2.75) is 13.3 Å². The van der Waals surface area contributed by atoms with Gasteiger partial charge in [-0.15, -0.1) is 0 Å². The first-order chi connectivity index (χ1) is 12.7. The van der Waals surface area contributed by atoms with Crippen LogP contribution < -0.4 is 19.5 Å². The Balaban J connectivity index is 1.54. The van der Waals surface area contributed by atoms with Gasteiger partial charge >= 0.3 is 0 Å². The summed E-state index contributed by atoms with van der Waals surface area (Å²) >= 11 is 0. The largest absolute Gasteiger partial charge is 0.494 e. The van der Waals surface area contributed by atoms with Crippen LogP contribution in [0.4, 0.5) is 5.69 Å². The summed E-state index contributed by atoms with van der Waals surface area (Å²) in [5.74, 6) is 0.807. The standard InChI is InChI=1S/C20H20N2O4/c1-14-3-2-4-17(11-14)24-8-7-15(13-21)20(23)22-16-5-6-18-19(12-16)26-10-9-25-18/h2-6,11-12,15H,7-10H2,1H3,(H,22,23)/t15-/m0/s1. The molecule has 0 saturated carbocycles. The zero-order chi connectivity index (χ0) is 18.4. The molecule has 3 rings (SSSR count). The van der Waals surface area contributed by atoms with Crippen LogP contribution in [0.15, 0.2) is 42.5 Å². The van der Waals surface area contributed by atoms with E-state index in [0.717, 1.165) is 11.3 Å². The molecule has 1 N–H and O–H groups in total. The summed E-state index contributed by atoms with van der Waals surface area (Å²) in [6.45, 7) is 3.25. The van der Waals surface area contributed by atoms with Gasteiger partial charge in [-0.1, -0.05) is 12.1 Å². The van der Waals surface area contributed by atoms with Gasteiger partial charge in [0.2, 0.25) is 5.91 Å². The van der Waals surface area contributed by atoms with Gasteiger partial charge in [-0.2, -0.15) is 5.26 Å². The fourth-order valence-corrected chi connectivity index (χ4v) is 2.60. The van der Waals surface area contributed by atoms with E-state index in [4.69, 9.17) is 14.2 Å². The summed E-state index contributed by atoms with van der Waals surface area (Å²) in [4.78, 5) is 12.3. The number of nitriles is 1. The molecule has 0 bridgehead atoms. The van der Waals surface area contributed by atoms with Crippen LogP contribution in [0, 0.1) is 24.2 Å². The van der Waals surface area contributed by atoms with Crippen molar-refractivity contribution < 1.29 is 19.0 Å². The summed E-state index contributed by atoms with van der Waals surface area (Å²) in [7, 11) is 0. The molecule has 26 heavy (non-hydrogen) atoms. The normalized spacial score (nSPS) is 13.4. The monoisotopic (exact) mass is 352 g/mol. The average Bonchev–Trinajstić information content (AvgIpc) is 2.65. The summed E-state index contributed by atoms with van der Waals surface area (Å²) < 4.78 is 16.6. The molecule has 2 aromatic rings. The Morgan fingerprint density at radius 3 is 2.81 bits per heavy atom. The lowest BCUT2D eigenvalue weighted by atomic mass is 10.1. The number of hydrogen-bond acceptors (Lipinski definition) is 5. The number of nitrogens with one attached hydrogen (secondary N) is 1. The van der Waals surface area contributed by atoms with Crippen molar-refractivity contribution in [1.82, 2.24) is 0 Å². The highest BCUT2D eigenvalue weighted by molar-refractivity contribution is 5.94. The summed E-state index contributed by atoms with van der Waals surface area (Å²) in [5.41, 5.74) is 1.66. The molecule has 0 aliphatic carbocycles. The molecule has 0 saturated heterocycles. The minimum Gasteiger partial charge on any atom is -0.494 e. The molecule has 0 aromatic heterocycles. The van der Waals surface area contributed by atoms with Gasteiger partial charge in [0.25, 0.3) is 0 Å². The fraction of sp³-hybridized carbons (Fsp3) is 0.300. The molecule has 1 amide bonds. The molecule has 1 aliphatic heterocycles. The number of carbonyl (C=O) groups excluding carboxylic acids is 1. The topological polar surface area (TPSA) is 80.6 Å². The molecule has 0 radical (unpaired) electrons. The number of anilines is 1. The zero-order valence-electron chi connectivity index (χ0n) is 14.5. The lowest BCUT2D eigenvalue weighted by Crippen LogP contribution is -2.23. The van der Waals surface area contributed by atoms with Crippen molar-refractivity contribution in [1.29, 1.82) is 5.26 Å². The highest BCUT2D eigenvalue weighted by Gasteiger charge is 2.19. The maximum atomic E-state index is 12.3. The van der Waals surface area contributed by atoms with E-state index in [1.165, 1.54) is 0 Å². The van der Waals surface area contributed by atoms with Gasteiger partial charge in [-0.25, -0.2) is 0 Å². The van der Waals surface area contributed by atoms with Crippen LogP contribution in [0.25, 0.3) is 0 Å². The molecular formula is C20H20N2O4. The third-order valence-electron chi connectivity index (χ3n) is 3.95. The average molecular weight is 352 g/mol. The number of hydrogen-bond donors (Lipinski definition) is 1. The third kappa shape index (κ3) is 4.45. The van der Waals surface area contributed by atoms with Crippen molar-refractivity contribution in [2.75, 3.05) is 25.1 Å². The van der Waals surface area contributed by atoms with Gasteiger partial charge in [-0.3, -0.25) is 4.79 Å². The molecule has 0 fully saturated rings. The number of benzene rings is 2. The minimum absolute atomic E-state index is 0.288. The Hall–Kier alpha value is -3.20. The van der Waals surface area contributed by atoms with Gasteiger partial charge in [0.15, 0.2) is 11.5 Å². The Morgan fingerprint density at radius 2 is 2.04 bits per heavy atom. The molecule has 1 heterocycles. The zero-order valence-corrected chi connectivity index (χ0v) is 14.5. The molecule has 0 spiro atoms. The first kappa shape index (κ1) is 17.6. The van der Waals surface area contributed by atoms with Crippen LogP contribution in [0.1, 0.15) is 12.0 Å². The van der Waals surface area contributed by atoms with Crippen LogP contribution in [0.2, 0.25) is 0 Å². The Labute approximate surface area is 152 Å². The molecule has 0 unspecified atom stereocenters. The quantitative estimate of drug-likeness (QED) is 0.863. The van der Waals surface area contributed by atoms with Crippen LogP contribution in [0.5, 0.6) is 17.2 Å². The lowest BCUT2D eigenvalue weighted by Gasteiger charge is -2.19. The molecule has 6 nitrogen and oxygen atoms in total. The summed E-state index contributed by atoms with van der Waals surface area (Å²) in [6, 6.07) is 14.8. The fourth-order valence-electron chi connectivity index (χ4n) is 2.60. The van der Waals surface area contributed by atoms with Gasteiger partial charge < -0.3 is 19.5 Å².